The van der Waals surface area contributed by atoms with E-state index in [1.165, 1.54) is 0 Å². The van der Waals surface area contributed by atoms with E-state index in [4.69, 9.17) is 16.0 Å². The zero-order valence-corrected chi connectivity index (χ0v) is 10.4. The number of fused-ring (bicyclic) bond motifs is 1. The highest BCUT2D eigenvalue weighted by molar-refractivity contribution is 6.31. The summed E-state index contributed by atoms with van der Waals surface area (Å²) in [7, 11) is 0. The van der Waals surface area contributed by atoms with Gasteiger partial charge in [0.15, 0.2) is 5.76 Å². The highest BCUT2D eigenvalue weighted by Crippen LogP contribution is 2.22. The van der Waals surface area contributed by atoms with Crippen LogP contribution in [0.4, 0.5) is 0 Å². The van der Waals surface area contributed by atoms with E-state index in [1.54, 1.807) is 24.3 Å². The smallest absolute Gasteiger partial charge is 0.287 e. The Bertz CT molecular complexity index is 533. The zero-order chi connectivity index (χ0) is 12.3. The summed E-state index contributed by atoms with van der Waals surface area (Å²) in [5, 5.41) is 4.29. The van der Waals surface area contributed by atoms with Crippen molar-refractivity contribution in [3.05, 3.63) is 35.0 Å². The summed E-state index contributed by atoms with van der Waals surface area (Å²) < 4.78 is 5.44. The molecule has 0 fully saturated rings. The van der Waals surface area contributed by atoms with Crippen molar-refractivity contribution in [3.63, 3.8) is 0 Å². The van der Waals surface area contributed by atoms with Gasteiger partial charge in [0, 0.05) is 17.0 Å². The first-order chi connectivity index (χ1) is 8.20. The maximum absolute atomic E-state index is 11.7. The number of amides is 1. The van der Waals surface area contributed by atoms with Gasteiger partial charge >= 0.3 is 0 Å². The van der Waals surface area contributed by atoms with Gasteiger partial charge in [-0.05, 0) is 30.7 Å². The van der Waals surface area contributed by atoms with Crippen molar-refractivity contribution < 1.29 is 9.21 Å². The number of benzene rings is 1. The molecule has 0 spiro atoms. The maximum Gasteiger partial charge on any atom is 0.287 e. The van der Waals surface area contributed by atoms with Crippen molar-refractivity contribution in [1.82, 2.24) is 5.32 Å². The summed E-state index contributed by atoms with van der Waals surface area (Å²) in [5.41, 5.74) is 0.676. The zero-order valence-electron chi connectivity index (χ0n) is 9.63. The Labute approximate surface area is 105 Å². The fourth-order valence-corrected chi connectivity index (χ4v) is 1.77. The predicted molar refractivity (Wildman–Crippen MR) is 68.5 cm³/mol. The van der Waals surface area contributed by atoms with Gasteiger partial charge in [-0.1, -0.05) is 24.9 Å². The van der Waals surface area contributed by atoms with Crippen molar-refractivity contribution in [2.24, 2.45) is 0 Å². The van der Waals surface area contributed by atoms with Crippen LogP contribution in [-0.2, 0) is 0 Å². The van der Waals surface area contributed by atoms with Crippen LogP contribution in [0.5, 0.6) is 0 Å². The average Bonchev–Trinajstić information content (AvgIpc) is 2.72. The Balaban J connectivity index is 2.15. The van der Waals surface area contributed by atoms with Gasteiger partial charge in [0.05, 0.1) is 0 Å². The third-order valence-electron chi connectivity index (χ3n) is 2.52. The van der Waals surface area contributed by atoms with E-state index in [0.29, 0.717) is 22.9 Å². The van der Waals surface area contributed by atoms with Gasteiger partial charge < -0.3 is 9.73 Å². The lowest BCUT2D eigenvalue weighted by Crippen LogP contribution is -2.23. The predicted octanol–water partition coefficient (Wildman–Crippen LogP) is 3.62. The number of rotatable bonds is 4. The second-order valence-corrected chi connectivity index (χ2v) is 4.34. The third-order valence-corrected chi connectivity index (χ3v) is 2.75. The molecular weight excluding hydrogens is 238 g/mol. The summed E-state index contributed by atoms with van der Waals surface area (Å²) in [6, 6.07) is 7.00. The Morgan fingerprint density at radius 2 is 2.24 bits per heavy atom. The number of nitrogens with one attached hydrogen (secondary N) is 1. The van der Waals surface area contributed by atoms with Gasteiger partial charge in [-0.15, -0.1) is 0 Å². The van der Waals surface area contributed by atoms with Gasteiger partial charge in [-0.25, -0.2) is 0 Å². The molecular formula is C13H14ClNO2. The number of hydrogen-bond acceptors (Lipinski definition) is 2. The van der Waals surface area contributed by atoms with Gasteiger partial charge in [-0.2, -0.15) is 0 Å². The number of carbonyl (C=O) groups is 1. The first-order valence-electron chi connectivity index (χ1n) is 5.68. The molecule has 4 heteroatoms. The average molecular weight is 252 g/mol. The maximum atomic E-state index is 11.7. The fourth-order valence-electron chi connectivity index (χ4n) is 1.59. The second kappa shape index (κ2) is 5.23. The van der Waals surface area contributed by atoms with Gasteiger partial charge in [0.25, 0.3) is 5.91 Å². The summed E-state index contributed by atoms with van der Waals surface area (Å²) in [6.07, 6.45) is 2.02. The van der Waals surface area contributed by atoms with Crippen molar-refractivity contribution >= 4 is 28.5 Å². The van der Waals surface area contributed by atoms with E-state index in [2.05, 4.69) is 12.2 Å². The number of halogens is 1. The molecule has 1 aromatic carbocycles. The first kappa shape index (κ1) is 12.0. The molecule has 0 aliphatic rings. The standard InChI is InChI=1S/C13H14ClNO2/c1-2-3-6-15-13(16)12-8-9-7-10(14)4-5-11(9)17-12/h4-5,7-8H,2-3,6H2,1H3,(H,15,16). The lowest BCUT2D eigenvalue weighted by atomic mass is 10.2. The molecule has 0 aliphatic carbocycles. The minimum atomic E-state index is -0.175. The summed E-state index contributed by atoms with van der Waals surface area (Å²) in [6.45, 7) is 2.75. The highest BCUT2D eigenvalue weighted by atomic mass is 35.5. The summed E-state index contributed by atoms with van der Waals surface area (Å²) in [4.78, 5) is 11.7. The number of hydrogen-bond donors (Lipinski definition) is 1. The van der Waals surface area contributed by atoms with Crippen LogP contribution >= 0.6 is 11.6 Å². The highest BCUT2D eigenvalue weighted by Gasteiger charge is 2.11. The third kappa shape index (κ3) is 2.80. The summed E-state index contributed by atoms with van der Waals surface area (Å²) in [5.74, 6) is 0.157. The Morgan fingerprint density at radius 3 is 3.00 bits per heavy atom. The SMILES string of the molecule is CCCCNC(=O)c1cc2cc(Cl)ccc2o1. The minimum Gasteiger partial charge on any atom is -0.451 e. The van der Waals surface area contributed by atoms with E-state index in [1.807, 2.05) is 0 Å². The number of furan rings is 1. The largest absolute Gasteiger partial charge is 0.451 e. The summed E-state index contributed by atoms with van der Waals surface area (Å²) >= 11 is 5.87. The number of carbonyl (C=O) groups excluding carboxylic acids is 1. The molecule has 0 aliphatic heterocycles. The van der Waals surface area contributed by atoms with Crippen molar-refractivity contribution in [1.29, 1.82) is 0 Å². The van der Waals surface area contributed by atoms with Gasteiger partial charge in [0.1, 0.15) is 5.58 Å². The number of unbranched alkanes of at least 4 members (excludes halogenated alkanes) is 1. The van der Waals surface area contributed by atoms with E-state index in [9.17, 15) is 4.79 Å². The molecule has 0 saturated heterocycles. The molecule has 3 nitrogen and oxygen atoms in total. The fraction of sp³-hybridized carbons (Fsp3) is 0.308. The van der Waals surface area contributed by atoms with Crippen LogP contribution in [-0.4, -0.2) is 12.5 Å². The van der Waals surface area contributed by atoms with Crippen LogP contribution in [0, 0.1) is 0 Å². The van der Waals surface area contributed by atoms with Crippen LogP contribution in [0.2, 0.25) is 5.02 Å². The van der Waals surface area contributed by atoms with Crippen LogP contribution in [0.1, 0.15) is 30.3 Å². The quantitative estimate of drug-likeness (QED) is 0.844. The molecule has 90 valence electrons. The van der Waals surface area contributed by atoms with Crippen molar-refractivity contribution in [2.45, 2.75) is 19.8 Å². The van der Waals surface area contributed by atoms with E-state index >= 15 is 0 Å². The molecule has 1 N–H and O–H groups in total. The van der Waals surface area contributed by atoms with Gasteiger partial charge in [-0.3, -0.25) is 4.79 Å². The first-order valence-corrected chi connectivity index (χ1v) is 6.06. The molecule has 2 aromatic rings. The van der Waals surface area contributed by atoms with Gasteiger partial charge in [0.2, 0.25) is 0 Å². The van der Waals surface area contributed by atoms with Crippen molar-refractivity contribution in [3.8, 4) is 0 Å². The Morgan fingerprint density at radius 1 is 1.41 bits per heavy atom. The molecule has 1 heterocycles. The molecule has 2 rings (SSSR count). The molecule has 0 bridgehead atoms. The van der Waals surface area contributed by atoms with Crippen LogP contribution in [0.3, 0.4) is 0 Å². The Hall–Kier alpha value is -1.48. The molecule has 0 radical (unpaired) electrons. The lowest BCUT2D eigenvalue weighted by Gasteiger charge is -2.00. The molecule has 17 heavy (non-hydrogen) atoms. The van der Waals surface area contributed by atoms with Crippen LogP contribution in [0.25, 0.3) is 11.0 Å². The Kier molecular flexibility index (Phi) is 3.69. The molecule has 0 atom stereocenters. The van der Waals surface area contributed by atoms with Crippen molar-refractivity contribution in [2.75, 3.05) is 6.54 Å². The topological polar surface area (TPSA) is 42.2 Å². The molecule has 0 unspecified atom stereocenters. The minimum absolute atomic E-state index is 0.175. The molecule has 0 saturated carbocycles. The van der Waals surface area contributed by atoms with E-state index in [0.717, 1.165) is 18.2 Å². The monoisotopic (exact) mass is 251 g/mol. The lowest BCUT2D eigenvalue weighted by molar-refractivity contribution is 0.0927. The second-order valence-electron chi connectivity index (χ2n) is 3.90. The van der Waals surface area contributed by atoms with Crippen LogP contribution < -0.4 is 5.32 Å². The van der Waals surface area contributed by atoms with E-state index in [-0.39, 0.29) is 5.91 Å². The normalized spacial score (nSPS) is 10.7. The molecule has 1 aromatic heterocycles. The van der Waals surface area contributed by atoms with E-state index < -0.39 is 0 Å². The molecule has 1 amide bonds. The van der Waals surface area contributed by atoms with Crippen LogP contribution in [0.15, 0.2) is 28.7 Å².